The summed E-state index contributed by atoms with van der Waals surface area (Å²) in [4.78, 5) is 17.3. The van der Waals surface area contributed by atoms with Crippen molar-refractivity contribution < 1.29 is 23.7 Å². The number of ether oxygens (including phenoxy) is 4. The van der Waals surface area contributed by atoms with E-state index in [9.17, 15) is 4.79 Å². The number of carbonyl (C=O) groups excluding carboxylic acids is 1. The predicted octanol–water partition coefficient (Wildman–Crippen LogP) is 2.81. The summed E-state index contributed by atoms with van der Waals surface area (Å²) in [5.41, 5.74) is 5.40. The van der Waals surface area contributed by atoms with Gasteiger partial charge in [-0.25, -0.2) is 4.99 Å². The number of fused-ring (bicyclic) bond motifs is 3. The van der Waals surface area contributed by atoms with Gasteiger partial charge in [0.2, 0.25) is 0 Å². The molecule has 0 aromatic heterocycles. The van der Waals surface area contributed by atoms with Crippen molar-refractivity contribution in [3.8, 4) is 5.75 Å². The Balaban J connectivity index is 1.77. The van der Waals surface area contributed by atoms with Crippen molar-refractivity contribution in [3.05, 3.63) is 23.8 Å². The number of esters is 1. The summed E-state index contributed by atoms with van der Waals surface area (Å²) in [6, 6.07) is 5.59. The number of aliphatic imine (C=N–C) groups is 1. The minimum absolute atomic E-state index is 0.00507. The molecular formula is C21H28N2O5. The van der Waals surface area contributed by atoms with Crippen LogP contribution in [0.4, 0.5) is 5.69 Å². The molecule has 4 rings (SSSR count). The maximum Gasteiger partial charge on any atom is 0.315 e. The Labute approximate surface area is 165 Å². The maximum atomic E-state index is 12.3. The number of nitrogens with two attached hydrogens (primary N) is 1. The third-order valence-corrected chi connectivity index (χ3v) is 5.93. The smallest absolute Gasteiger partial charge is 0.315 e. The summed E-state index contributed by atoms with van der Waals surface area (Å²) >= 11 is 0. The van der Waals surface area contributed by atoms with E-state index in [4.69, 9.17) is 29.7 Å². The van der Waals surface area contributed by atoms with Crippen LogP contribution in [-0.2, 0) is 24.5 Å². The average Bonchev–Trinajstić information content (AvgIpc) is 2.88. The Bertz CT molecular complexity index is 851. The second-order valence-corrected chi connectivity index (χ2v) is 9.36. The van der Waals surface area contributed by atoms with Crippen molar-refractivity contribution in [2.24, 2.45) is 10.4 Å². The van der Waals surface area contributed by atoms with E-state index < -0.39 is 22.2 Å². The van der Waals surface area contributed by atoms with Crippen molar-refractivity contribution >= 4 is 17.6 Å². The van der Waals surface area contributed by atoms with Gasteiger partial charge >= 0.3 is 5.97 Å². The first-order chi connectivity index (χ1) is 13.0. The molecule has 0 aliphatic carbocycles. The van der Waals surface area contributed by atoms with Crippen LogP contribution in [-0.4, -0.2) is 42.9 Å². The Morgan fingerprint density at radius 2 is 1.96 bits per heavy atom. The molecule has 1 unspecified atom stereocenters. The van der Waals surface area contributed by atoms with Crippen molar-refractivity contribution in [1.29, 1.82) is 0 Å². The highest BCUT2D eigenvalue weighted by Gasteiger charge is 2.71. The molecule has 0 bridgehead atoms. The Morgan fingerprint density at radius 3 is 2.57 bits per heavy atom. The van der Waals surface area contributed by atoms with E-state index in [0.29, 0.717) is 31.4 Å². The first-order valence-corrected chi connectivity index (χ1v) is 9.58. The highest BCUT2D eigenvalue weighted by atomic mass is 16.6. The van der Waals surface area contributed by atoms with Crippen molar-refractivity contribution in [2.45, 2.75) is 57.8 Å². The van der Waals surface area contributed by atoms with Gasteiger partial charge in [-0.2, -0.15) is 0 Å². The van der Waals surface area contributed by atoms with Gasteiger partial charge < -0.3 is 24.7 Å². The van der Waals surface area contributed by atoms with Gasteiger partial charge in [0, 0.05) is 11.3 Å². The van der Waals surface area contributed by atoms with Crippen LogP contribution in [0.3, 0.4) is 0 Å². The molecule has 28 heavy (non-hydrogen) atoms. The fourth-order valence-corrected chi connectivity index (χ4v) is 4.42. The molecule has 1 aromatic rings. The summed E-state index contributed by atoms with van der Waals surface area (Å²) in [5, 5.41) is 0. The number of nitrogens with zero attached hydrogens (tertiary/aromatic N) is 1. The van der Waals surface area contributed by atoms with Crippen LogP contribution < -0.4 is 10.5 Å². The van der Waals surface area contributed by atoms with Gasteiger partial charge in [0.1, 0.15) is 35.5 Å². The number of nitrogen functional groups attached to an aromatic ring is 1. The minimum atomic E-state index is -0.713. The highest BCUT2D eigenvalue weighted by molar-refractivity contribution is 5.95. The van der Waals surface area contributed by atoms with Crippen LogP contribution in [0.15, 0.2) is 23.2 Å². The summed E-state index contributed by atoms with van der Waals surface area (Å²) in [5.74, 6) is 0.760. The fraction of sp³-hybridized carbons (Fsp3) is 0.619. The summed E-state index contributed by atoms with van der Waals surface area (Å²) in [6.45, 7) is 10.9. The molecule has 0 radical (unpaired) electrons. The van der Waals surface area contributed by atoms with Crippen LogP contribution in [0.25, 0.3) is 0 Å². The zero-order valence-electron chi connectivity index (χ0n) is 17.1. The quantitative estimate of drug-likeness (QED) is 0.619. The van der Waals surface area contributed by atoms with E-state index in [1.807, 2.05) is 39.0 Å². The number of hydrogen-bond donors (Lipinski definition) is 1. The number of carbonyl (C=O) groups is 1. The van der Waals surface area contributed by atoms with E-state index in [1.165, 1.54) is 0 Å². The van der Waals surface area contributed by atoms with E-state index in [2.05, 4.69) is 13.8 Å². The summed E-state index contributed by atoms with van der Waals surface area (Å²) in [6.07, 6.45) is -0.00507. The van der Waals surface area contributed by atoms with Gasteiger partial charge in [-0.05, 0) is 52.8 Å². The number of hydrogen-bond acceptors (Lipinski definition) is 7. The van der Waals surface area contributed by atoms with Gasteiger partial charge in [0.15, 0.2) is 5.90 Å². The SMILES string of the molecule is CC(C)(C)OC(=O)CC1=NC2(CO1)c1cc(N)ccc1OC(C)(C)C21COC1. The molecule has 1 aromatic carbocycles. The Hall–Kier alpha value is -2.28. The third kappa shape index (κ3) is 2.67. The van der Waals surface area contributed by atoms with E-state index in [0.717, 1.165) is 11.3 Å². The lowest BCUT2D eigenvalue weighted by Crippen LogP contribution is -2.71. The first kappa shape index (κ1) is 19.1. The molecule has 3 heterocycles. The van der Waals surface area contributed by atoms with Gasteiger partial charge in [-0.1, -0.05) is 0 Å². The molecule has 7 heteroatoms. The molecule has 2 spiro atoms. The molecule has 152 valence electrons. The maximum absolute atomic E-state index is 12.3. The number of rotatable bonds is 2. The second kappa shape index (κ2) is 5.86. The van der Waals surface area contributed by atoms with Gasteiger partial charge in [0.25, 0.3) is 0 Å². The van der Waals surface area contributed by atoms with Crippen LogP contribution in [0.5, 0.6) is 5.75 Å². The Morgan fingerprint density at radius 1 is 1.25 bits per heavy atom. The largest absolute Gasteiger partial charge is 0.487 e. The zero-order valence-corrected chi connectivity index (χ0v) is 17.1. The number of anilines is 1. The van der Waals surface area contributed by atoms with Crippen LogP contribution in [0.1, 0.15) is 46.6 Å². The Kier molecular flexibility index (Phi) is 3.99. The van der Waals surface area contributed by atoms with Gasteiger partial charge in [-0.3, -0.25) is 4.79 Å². The molecule has 0 saturated carbocycles. The number of benzene rings is 1. The predicted molar refractivity (Wildman–Crippen MR) is 104 cm³/mol. The zero-order chi connectivity index (χ0) is 20.4. The molecule has 7 nitrogen and oxygen atoms in total. The molecule has 3 aliphatic heterocycles. The fourth-order valence-electron chi connectivity index (χ4n) is 4.42. The lowest BCUT2D eigenvalue weighted by atomic mass is 9.55. The average molecular weight is 388 g/mol. The third-order valence-electron chi connectivity index (χ3n) is 5.93. The minimum Gasteiger partial charge on any atom is -0.487 e. The standard InChI is InChI=1S/C21H28N2O5/c1-18(2,3)28-17(24)9-16-23-21(12-26-16)14-8-13(22)6-7-15(14)27-19(4,5)20(21)10-25-11-20/h6-8H,9-12,22H2,1-5H3. The normalized spacial score (nSPS) is 26.7. The second-order valence-electron chi connectivity index (χ2n) is 9.36. The lowest BCUT2D eigenvalue weighted by Gasteiger charge is -2.61. The van der Waals surface area contributed by atoms with Gasteiger partial charge in [0.05, 0.1) is 18.6 Å². The van der Waals surface area contributed by atoms with Crippen LogP contribution >= 0.6 is 0 Å². The van der Waals surface area contributed by atoms with E-state index >= 15 is 0 Å². The van der Waals surface area contributed by atoms with Gasteiger partial charge in [-0.15, -0.1) is 0 Å². The van der Waals surface area contributed by atoms with E-state index in [-0.39, 0.29) is 12.4 Å². The van der Waals surface area contributed by atoms with Crippen molar-refractivity contribution in [1.82, 2.24) is 0 Å². The van der Waals surface area contributed by atoms with Crippen LogP contribution in [0, 0.1) is 5.41 Å². The summed E-state index contributed by atoms with van der Waals surface area (Å²) < 4.78 is 23.4. The molecule has 3 aliphatic rings. The monoisotopic (exact) mass is 388 g/mol. The highest BCUT2D eigenvalue weighted by Crippen LogP contribution is 2.62. The van der Waals surface area contributed by atoms with E-state index in [1.54, 1.807) is 0 Å². The topological polar surface area (TPSA) is 92.4 Å². The molecule has 0 amide bonds. The molecule has 1 atom stereocenters. The van der Waals surface area contributed by atoms with Crippen molar-refractivity contribution in [3.63, 3.8) is 0 Å². The first-order valence-electron chi connectivity index (χ1n) is 9.58. The lowest BCUT2D eigenvalue weighted by molar-refractivity contribution is -0.247. The molecular weight excluding hydrogens is 360 g/mol. The molecule has 1 fully saturated rings. The molecule has 1 saturated heterocycles. The van der Waals surface area contributed by atoms with Crippen LogP contribution in [0.2, 0.25) is 0 Å². The molecule has 2 N–H and O–H groups in total. The van der Waals surface area contributed by atoms with Crippen molar-refractivity contribution in [2.75, 3.05) is 25.6 Å². The summed E-state index contributed by atoms with van der Waals surface area (Å²) in [7, 11) is 0.